The van der Waals surface area contributed by atoms with Crippen molar-refractivity contribution in [1.82, 2.24) is 10.6 Å². The van der Waals surface area contributed by atoms with Gasteiger partial charge in [-0.1, -0.05) is 20.3 Å². The lowest BCUT2D eigenvalue weighted by molar-refractivity contribution is 0.0727. The smallest absolute Gasteiger partial charge is 0.407 e. The quantitative estimate of drug-likeness (QED) is 0.630. The van der Waals surface area contributed by atoms with Gasteiger partial charge >= 0.3 is 12.2 Å². The first-order valence-corrected chi connectivity index (χ1v) is 7.80. The molecular weight excluding hydrogens is 272 g/mol. The molecule has 0 aromatic rings. The highest BCUT2D eigenvalue weighted by atomic mass is 16.6. The Morgan fingerprint density at radius 3 is 2.48 bits per heavy atom. The zero-order valence-corrected chi connectivity index (χ0v) is 13.1. The van der Waals surface area contributed by atoms with Crippen molar-refractivity contribution in [3.8, 4) is 0 Å². The molecule has 0 radical (unpaired) electrons. The third kappa shape index (κ3) is 8.42. The number of ether oxygens (including phenoxy) is 1. The Hall–Kier alpha value is -1.46. The monoisotopic (exact) mass is 300 g/mol. The van der Waals surface area contributed by atoms with Crippen LogP contribution in [0.4, 0.5) is 9.59 Å². The topological polar surface area (TPSA) is 87.7 Å². The van der Waals surface area contributed by atoms with Crippen LogP contribution in [0, 0.1) is 5.41 Å². The summed E-state index contributed by atoms with van der Waals surface area (Å²) < 4.78 is 5.40. The Bertz CT molecular complexity index is 339. The molecule has 0 saturated heterocycles. The Morgan fingerprint density at radius 1 is 1.19 bits per heavy atom. The van der Waals surface area contributed by atoms with Gasteiger partial charge in [0.05, 0.1) is 0 Å². The van der Waals surface area contributed by atoms with Gasteiger partial charge in [-0.15, -0.1) is 0 Å². The van der Waals surface area contributed by atoms with Crippen LogP contribution in [-0.2, 0) is 4.74 Å². The van der Waals surface area contributed by atoms with Gasteiger partial charge < -0.3 is 20.5 Å². The van der Waals surface area contributed by atoms with E-state index in [9.17, 15) is 9.59 Å². The first kappa shape index (κ1) is 17.6. The predicted octanol–water partition coefficient (Wildman–Crippen LogP) is 3.12. The third-order valence-corrected chi connectivity index (χ3v) is 3.84. The molecule has 1 saturated carbocycles. The van der Waals surface area contributed by atoms with E-state index in [2.05, 4.69) is 24.5 Å². The molecule has 1 rings (SSSR count). The number of amides is 2. The van der Waals surface area contributed by atoms with Gasteiger partial charge in [0.25, 0.3) is 0 Å². The predicted molar refractivity (Wildman–Crippen MR) is 80.4 cm³/mol. The second-order valence-electron chi connectivity index (χ2n) is 6.52. The highest BCUT2D eigenvalue weighted by Gasteiger charge is 2.21. The molecule has 0 bridgehead atoms. The fourth-order valence-corrected chi connectivity index (χ4v) is 2.54. The summed E-state index contributed by atoms with van der Waals surface area (Å²) in [4.78, 5) is 22.1. The maximum absolute atomic E-state index is 11.8. The van der Waals surface area contributed by atoms with Crippen LogP contribution in [0.1, 0.15) is 58.8 Å². The minimum Gasteiger partial charge on any atom is -0.465 e. The third-order valence-electron chi connectivity index (χ3n) is 3.84. The maximum Gasteiger partial charge on any atom is 0.407 e. The number of nitrogens with one attached hydrogen (secondary N) is 2. The first-order valence-electron chi connectivity index (χ1n) is 7.80. The first-order chi connectivity index (χ1) is 9.89. The summed E-state index contributed by atoms with van der Waals surface area (Å²) in [5.41, 5.74) is -0.0776. The van der Waals surface area contributed by atoms with Crippen LogP contribution in [-0.4, -0.2) is 36.5 Å². The molecule has 0 atom stereocenters. The molecule has 0 aliphatic heterocycles. The van der Waals surface area contributed by atoms with Crippen LogP contribution in [0.15, 0.2) is 0 Å². The van der Waals surface area contributed by atoms with E-state index >= 15 is 0 Å². The SMILES string of the molecule is CC(C)(CCCNC(=O)O)CNC(=O)OC1CCCCC1. The van der Waals surface area contributed by atoms with E-state index in [-0.39, 0.29) is 17.6 Å². The molecule has 6 nitrogen and oxygen atoms in total. The van der Waals surface area contributed by atoms with Crippen molar-refractivity contribution in [1.29, 1.82) is 0 Å². The molecule has 0 spiro atoms. The van der Waals surface area contributed by atoms with Gasteiger partial charge in [0.15, 0.2) is 0 Å². The molecular formula is C15H28N2O4. The van der Waals surface area contributed by atoms with Crippen molar-refractivity contribution in [3.63, 3.8) is 0 Å². The molecule has 0 heterocycles. The van der Waals surface area contributed by atoms with Crippen molar-refractivity contribution in [2.24, 2.45) is 5.41 Å². The molecule has 3 N–H and O–H groups in total. The Kier molecular flexibility index (Phi) is 7.32. The molecule has 1 aliphatic rings. The van der Waals surface area contributed by atoms with E-state index in [1.54, 1.807) is 0 Å². The highest BCUT2D eigenvalue weighted by molar-refractivity contribution is 5.67. The number of rotatable bonds is 7. The van der Waals surface area contributed by atoms with Crippen LogP contribution in [0.2, 0.25) is 0 Å². The largest absolute Gasteiger partial charge is 0.465 e. The zero-order valence-electron chi connectivity index (χ0n) is 13.1. The van der Waals surface area contributed by atoms with Crippen LogP contribution < -0.4 is 10.6 Å². The molecule has 0 aromatic heterocycles. The summed E-state index contributed by atoms with van der Waals surface area (Å²) >= 11 is 0. The molecule has 0 unspecified atom stereocenters. The second-order valence-corrected chi connectivity index (χ2v) is 6.52. The fraction of sp³-hybridized carbons (Fsp3) is 0.867. The molecule has 1 fully saturated rings. The van der Waals surface area contributed by atoms with Gasteiger partial charge in [0.2, 0.25) is 0 Å². The summed E-state index contributed by atoms with van der Waals surface area (Å²) in [6, 6.07) is 0. The van der Waals surface area contributed by atoms with Gasteiger partial charge in [0, 0.05) is 13.1 Å². The number of hydrogen-bond donors (Lipinski definition) is 3. The van der Waals surface area contributed by atoms with Gasteiger partial charge in [-0.3, -0.25) is 0 Å². The van der Waals surface area contributed by atoms with E-state index < -0.39 is 6.09 Å². The number of hydrogen-bond acceptors (Lipinski definition) is 3. The summed E-state index contributed by atoms with van der Waals surface area (Å²) in [5.74, 6) is 0. The van der Waals surface area contributed by atoms with E-state index in [1.165, 1.54) is 6.42 Å². The number of carbonyl (C=O) groups excluding carboxylic acids is 1. The van der Waals surface area contributed by atoms with E-state index in [1.807, 2.05) is 0 Å². The van der Waals surface area contributed by atoms with E-state index in [4.69, 9.17) is 9.84 Å². The number of alkyl carbamates (subject to hydrolysis) is 1. The normalized spacial score (nSPS) is 16.3. The van der Waals surface area contributed by atoms with Crippen LogP contribution in [0.25, 0.3) is 0 Å². The van der Waals surface area contributed by atoms with Crippen molar-refractivity contribution in [2.75, 3.05) is 13.1 Å². The van der Waals surface area contributed by atoms with Gasteiger partial charge in [-0.25, -0.2) is 9.59 Å². The van der Waals surface area contributed by atoms with Gasteiger partial charge in [-0.2, -0.15) is 0 Å². The summed E-state index contributed by atoms with van der Waals surface area (Å²) in [6.07, 6.45) is 5.77. The number of carboxylic acid groups (broad SMARTS) is 1. The van der Waals surface area contributed by atoms with Crippen molar-refractivity contribution in [2.45, 2.75) is 64.9 Å². The second kappa shape index (κ2) is 8.74. The van der Waals surface area contributed by atoms with Crippen LogP contribution in [0.5, 0.6) is 0 Å². The highest BCUT2D eigenvalue weighted by Crippen LogP contribution is 2.22. The average Bonchev–Trinajstić information content (AvgIpc) is 2.43. The molecule has 122 valence electrons. The van der Waals surface area contributed by atoms with Gasteiger partial charge in [-0.05, 0) is 43.9 Å². The standard InChI is InChI=1S/C15H28N2O4/c1-15(2,9-6-10-16-13(18)19)11-17-14(20)21-12-7-4-3-5-8-12/h12,16H,3-11H2,1-2H3,(H,17,20)(H,18,19). The summed E-state index contributed by atoms with van der Waals surface area (Å²) in [5, 5.41) is 13.7. The average molecular weight is 300 g/mol. The lowest BCUT2D eigenvalue weighted by atomic mass is 9.88. The Labute approximate surface area is 126 Å². The van der Waals surface area contributed by atoms with Crippen molar-refractivity contribution < 1.29 is 19.4 Å². The molecule has 0 aromatic carbocycles. The molecule has 1 aliphatic carbocycles. The summed E-state index contributed by atoms with van der Waals surface area (Å²) in [6.45, 7) is 5.07. The van der Waals surface area contributed by atoms with Gasteiger partial charge in [0.1, 0.15) is 6.10 Å². The Morgan fingerprint density at radius 2 is 1.86 bits per heavy atom. The molecule has 21 heavy (non-hydrogen) atoms. The fourth-order valence-electron chi connectivity index (χ4n) is 2.54. The lowest BCUT2D eigenvalue weighted by Crippen LogP contribution is -2.37. The molecule has 6 heteroatoms. The van der Waals surface area contributed by atoms with Crippen molar-refractivity contribution in [3.05, 3.63) is 0 Å². The molecule has 2 amide bonds. The van der Waals surface area contributed by atoms with Crippen LogP contribution >= 0.6 is 0 Å². The van der Waals surface area contributed by atoms with E-state index in [0.29, 0.717) is 13.1 Å². The minimum atomic E-state index is -0.998. The maximum atomic E-state index is 11.8. The summed E-state index contributed by atoms with van der Waals surface area (Å²) in [7, 11) is 0. The Balaban J connectivity index is 2.15. The lowest BCUT2D eigenvalue weighted by Gasteiger charge is -2.26. The van der Waals surface area contributed by atoms with Crippen LogP contribution in [0.3, 0.4) is 0 Å². The van der Waals surface area contributed by atoms with Crippen molar-refractivity contribution >= 4 is 12.2 Å². The number of carbonyl (C=O) groups is 2. The minimum absolute atomic E-state index is 0.0710. The van der Waals surface area contributed by atoms with E-state index in [0.717, 1.165) is 38.5 Å². The zero-order chi connectivity index (χ0) is 15.7.